The Morgan fingerprint density at radius 1 is 1.15 bits per heavy atom. The second-order valence-electron chi connectivity index (χ2n) is 5.38. The Kier molecular flexibility index (Phi) is 4.57. The zero-order valence-corrected chi connectivity index (χ0v) is 13.4. The van der Waals surface area contributed by atoms with Crippen LogP contribution in [0.1, 0.15) is 21.5 Å². The standard InChI is InChI=1S/C16H13F3N6O/c1-10-8-11(6-7-14(10)25-9-20-23-24-25)15(26)22-21-13-5-3-2-4-12(13)16(17,18)19/h2-9,21H,1H3,(H,22,26). The van der Waals surface area contributed by atoms with E-state index in [1.54, 1.807) is 19.1 Å². The Bertz CT molecular complexity index is 924. The molecule has 0 aliphatic rings. The van der Waals surface area contributed by atoms with Crippen molar-refractivity contribution < 1.29 is 18.0 Å². The highest BCUT2D eigenvalue weighted by molar-refractivity contribution is 5.95. The molecular formula is C16H13F3N6O. The van der Waals surface area contributed by atoms with Crippen molar-refractivity contribution in [3.05, 3.63) is 65.5 Å². The molecule has 0 unspecified atom stereocenters. The second-order valence-corrected chi connectivity index (χ2v) is 5.38. The summed E-state index contributed by atoms with van der Waals surface area (Å²) in [7, 11) is 0. The van der Waals surface area contributed by atoms with Crippen molar-refractivity contribution in [1.82, 2.24) is 25.6 Å². The highest BCUT2D eigenvalue weighted by Gasteiger charge is 2.33. The smallest absolute Gasteiger partial charge is 0.298 e. The summed E-state index contributed by atoms with van der Waals surface area (Å²) in [6.07, 6.45) is -3.11. The first-order chi connectivity index (χ1) is 12.4. The third-order valence-corrected chi connectivity index (χ3v) is 3.60. The highest BCUT2D eigenvalue weighted by Crippen LogP contribution is 2.34. The summed E-state index contributed by atoms with van der Waals surface area (Å²) in [5, 5.41) is 10.8. The summed E-state index contributed by atoms with van der Waals surface area (Å²) in [5.74, 6) is -0.576. The highest BCUT2D eigenvalue weighted by atomic mass is 19.4. The molecule has 7 nitrogen and oxygen atoms in total. The molecular weight excluding hydrogens is 349 g/mol. The lowest BCUT2D eigenvalue weighted by molar-refractivity contribution is -0.137. The van der Waals surface area contributed by atoms with E-state index < -0.39 is 17.6 Å². The van der Waals surface area contributed by atoms with Crippen LogP contribution >= 0.6 is 0 Å². The number of aromatic nitrogens is 4. The van der Waals surface area contributed by atoms with Gasteiger partial charge in [0.15, 0.2) is 0 Å². The summed E-state index contributed by atoms with van der Waals surface area (Å²) in [5.41, 5.74) is 5.16. The van der Waals surface area contributed by atoms with Crippen LogP contribution in [-0.4, -0.2) is 26.1 Å². The molecule has 3 aromatic rings. The molecule has 0 bridgehead atoms. The first-order valence-electron chi connectivity index (χ1n) is 7.43. The number of amides is 1. The van der Waals surface area contributed by atoms with Gasteiger partial charge in [0.05, 0.1) is 16.9 Å². The molecule has 134 valence electrons. The number of carbonyl (C=O) groups is 1. The van der Waals surface area contributed by atoms with Gasteiger partial charge in [0, 0.05) is 5.56 Å². The fraction of sp³-hybridized carbons (Fsp3) is 0.125. The maximum Gasteiger partial charge on any atom is 0.418 e. The number of rotatable bonds is 4. The van der Waals surface area contributed by atoms with Crippen LogP contribution < -0.4 is 10.9 Å². The van der Waals surface area contributed by atoms with Gasteiger partial charge in [0.2, 0.25) is 0 Å². The number of hydrazine groups is 1. The molecule has 0 radical (unpaired) electrons. The molecule has 0 atom stereocenters. The number of hydrogen-bond acceptors (Lipinski definition) is 5. The number of benzene rings is 2. The van der Waals surface area contributed by atoms with Gasteiger partial charge in [-0.2, -0.15) is 13.2 Å². The third-order valence-electron chi connectivity index (χ3n) is 3.60. The van der Waals surface area contributed by atoms with Gasteiger partial charge in [-0.05, 0) is 53.2 Å². The summed E-state index contributed by atoms with van der Waals surface area (Å²) in [4.78, 5) is 12.2. The van der Waals surface area contributed by atoms with E-state index in [0.717, 1.165) is 11.6 Å². The maximum absolute atomic E-state index is 13.0. The largest absolute Gasteiger partial charge is 0.418 e. The molecule has 1 heterocycles. The number of tetrazole rings is 1. The molecule has 0 aliphatic carbocycles. The summed E-state index contributed by atoms with van der Waals surface area (Å²) >= 11 is 0. The summed E-state index contributed by atoms with van der Waals surface area (Å²) < 4.78 is 40.3. The Morgan fingerprint density at radius 2 is 1.92 bits per heavy atom. The van der Waals surface area contributed by atoms with Crippen LogP contribution in [0.25, 0.3) is 5.69 Å². The zero-order valence-electron chi connectivity index (χ0n) is 13.4. The van der Waals surface area contributed by atoms with E-state index in [4.69, 9.17) is 0 Å². The number of alkyl halides is 3. The van der Waals surface area contributed by atoms with Gasteiger partial charge in [-0.3, -0.25) is 15.6 Å². The van der Waals surface area contributed by atoms with Crippen LogP contribution in [0.4, 0.5) is 18.9 Å². The molecule has 0 spiro atoms. The van der Waals surface area contributed by atoms with Gasteiger partial charge in [0.1, 0.15) is 6.33 Å². The number of hydrogen-bond donors (Lipinski definition) is 2. The van der Waals surface area contributed by atoms with Crippen molar-refractivity contribution in [1.29, 1.82) is 0 Å². The molecule has 1 amide bonds. The van der Waals surface area contributed by atoms with Gasteiger partial charge < -0.3 is 0 Å². The normalized spacial score (nSPS) is 11.2. The van der Waals surface area contributed by atoms with Crippen molar-refractivity contribution in [2.24, 2.45) is 0 Å². The predicted octanol–water partition coefficient (Wildman–Crippen LogP) is 2.75. The molecule has 26 heavy (non-hydrogen) atoms. The molecule has 1 aromatic heterocycles. The average Bonchev–Trinajstić information content (AvgIpc) is 3.13. The lowest BCUT2D eigenvalue weighted by Crippen LogP contribution is -2.30. The topological polar surface area (TPSA) is 84.7 Å². The van der Waals surface area contributed by atoms with E-state index in [2.05, 4.69) is 26.4 Å². The number of halogens is 3. The van der Waals surface area contributed by atoms with Gasteiger partial charge in [-0.25, -0.2) is 4.68 Å². The average molecular weight is 362 g/mol. The third kappa shape index (κ3) is 3.63. The van der Waals surface area contributed by atoms with Crippen molar-refractivity contribution in [2.45, 2.75) is 13.1 Å². The Labute approximate surface area is 145 Å². The van der Waals surface area contributed by atoms with Crippen molar-refractivity contribution in [3.63, 3.8) is 0 Å². The van der Waals surface area contributed by atoms with Gasteiger partial charge in [0.25, 0.3) is 5.91 Å². The Morgan fingerprint density at radius 3 is 2.58 bits per heavy atom. The lowest BCUT2D eigenvalue weighted by Gasteiger charge is -2.15. The molecule has 0 saturated carbocycles. The van der Waals surface area contributed by atoms with Crippen LogP contribution in [0.2, 0.25) is 0 Å². The molecule has 0 fully saturated rings. The van der Waals surface area contributed by atoms with Crippen LogP contribution in [0.15, 0.2) is 48.8 Å². The Hall–Kier alpha value is -3.43. The number of nitrogens with one attached hydrogen (secondary N) is 2. The van der Waals surface area contributed by atoms with Gasteiger partial charge in [-0.1, -0.05) is 12.1 Å². The minimum Gasteiger partial charge on any atom is -0.298 e. The number of para-hydroxylation sites is 1. The van der Waals surface area contributed by atoms with Crippen molar-refractivity contribution in [2.75, 3.05) is 5.43 Å². The van der Waals surface area contributed by atoms with E-state index in [1.807, 2.05) is 0 Å². The summed E-state index contributed by atoms with van der Waals surface area (Å²) in [6, 6.07) is 9.63. The fourth-order valence-corrected chi connectivity index (χ4v) is 2.36. The first-order valence-corrected chi connectivity index (χ1v) is 7.43. The minimum atomic E-state index is -4.53. The lowest BCUT2D eigenvalue weighted by atomic mass is 10.1. The molecule has 10 heteroatoms. The molecule has 2 N–H and O–H groups in total. The van der Waals surface area contributed by atoms with Crippen LogP contribution in [0.5, 0.6) is 0 Å². The van der Waals surface area contributed by atoms with Gasteiger partial charge >= 0.3 is 6.18 Å². The summed E-state index contributed by atoms with van der Waals surface area (Å²) in [6.45, 7) is 1.76. The maximum atomic E-state index is 13.0. The van der Waals surface area contributed by atoms with Crippen molar-refractivity contribution >= 4 is 11.6 Å². The van der Waals surface area contributed by atoms with Crippen LogP contribution in [0, 0.1) is 6.92 Å². The number of anilines is 1. The zero-order chi connectivity index (χ0) is 18.7. The SMILES string of the molecule is Cc1cc(C(=O)NNc2ccccc2C(F)(F)F)ccc1-n1cnnn1. The molecule has 3 rings (SSSR count). The van der Waals surface area contributed by atoms with E-state index in [0.29, 0.717) is 5.69 Å². The fourth-order valence-electron chi connectivity index (χ4n) is 2.36. The second kappa shape index (κ2) is 6.82. The minimum absolute atomic E-state index is 0.240. The number of aryl methyl sites for hydroxylation is 1. The van der Waals surface area contributed by atoms with E-state index in [9.17, 15) is 18.0 Å². The molecule has 0 aliphatic heterocycles. The first kappa shape index (κ1) is 17.4. The number of nitrogens with zero attached hydrogens (tertiary/aromatic N) is 4. The number of carbonyl (C=O) groups excluding carboxylic acids is 1. The van der Waals surface area contributed by atoms with E-state index in [-0.39, 0.29) is 11.3 Å². The predicted molar refractivity (Wildman–Crippen MR) is 86.4 cm³/mol. The Balaban J connectivity index is 1.75. The van der Waals surface area contributed by atoms with Crippen LogP contribution in [-0.2, 0) is 6.18 Å². The quantitative estimate of drug-likeness (QED) is 0.697. The molecule has 2 aromatic carbocycles. The van der Waals surface area contributed by atoms with Crippen molar-refractivity contribution in [3.8, 4) is 5.69 Å². The van der Waals surface area contributed by atoms with Crippen LogP contribution in [0.3, 0.4) is 0 Å². The van der Waals surface area contributed by atoms with Gasteiger partial charge in [-0.15, -0.1) is 5.10 Å². The monoisotopic (exact) mass is 362 g/mol. The molecule has 0 saturated heterocycles. The van der Waals surface area contributed by atoms with E-state index >= 15 is 0 Å². The van der Waals surface area contributed by atoms with E-state index in [1.165, 1.54) is 35.3 Å².